The minimum absolute atomic E-state index is 0.0642. The van der Waals surface area contributed by atoms with Crippen molar-refractivity contribution in [2.45, 2.75) is 76.9 Å². The van der Waals surface area contributed by atoms with Gasteiger partial charge in [-0.2, -0.15) is 0 Å². The molecule has 2 bridgehead atoms. The average molecular weight is 346 g/mol. The molecule has 2 aliphatic carbocycles. The third-order valence-corrected chi connectivity index (χ3v) is 6.52. The lowest BCUT2D eigenvalue weighted by Gasteiger charge is -2.64. The van der Waals surface area contributed by atoms with Crippen molar-refractivity contribution >= 4 is 5.57 Å². The van der Waals surface area contributed by atoms with Crippen molar-refractivity contribution < 1.29 is 13.5 Å². The maximum atomic E-state index is 14.7. The first-order valence-electron chi connectivity index (χ1n) is 9.98. The lowest BCUT2D eigenvalue weighted by atomic mass is 9.58. The number of halogens is 2. The fourth-order valence-corrected chi connectivity index (χ4v) is 5.02. The number of rotatable bonds is 6. The predicted molar refractivity (Wildman–Crippen MR) is 96.4 cm³/mol. The molecular formula is C22H28F2O. The van der Waals surface area contributed by atoms with Gasteiger partial charge in [-0.25, -0.2) is 8.78 Å². The predicted octanol–water partition coefficient (Wildman–Crippen LogP) is 6.23. The van der Waals surface area contributed by atoms with Gasteiger partial charge in [-0.3, -0.25) is 0 Å². The number of hydrogen-bond acceptors (Lipinski definition) is 1. The van der Waals surface area contributed by atoms with Gasteiger partial charge in [0.05, 0.1) is 12.2 Å². The molecule has 3 unspecified atom stereocenters. The standard InChI is InChI=1S/C22H28F2O/c1-3-5-13-7-9-14(10-8-13)15-11-12-16(20(24)19(15)23)18-21-17(6-4-2)22(18)25-21/h9,11-13,17-18,21-22H,3-8,10H2,1-2H3. The van der Waals surface area contributed by atoms with Crippen LogP contribution in [0.1, 0.15) is 75.8 Å². The van der Waals surface area contributed by atoms with E-state index in [0.717, 1.165) is 37.7 Å². The molecule has 0 aromatic heterocycles. The highest BCUT2D eigenvalue weighted by Crippen LogP contribution is 2.59. The van der Waals surface area contributed by atoms with Gasteiger partial charge < -0.3 is 4.74 Å². The van der Waals surface area contributed by atoms with E-state index < -0.39 is 11.6 Å². The normalized spacial score (nSPS) is 33.4. The van der Waals surface area contributed by atoms with Crippen LogP contribution in [0.3, 0.4) is 0 Å². The van der Waals surface area contributed by atoms with Gasteiger partial charge in [0, 0.05) is 17.4 Å². The summed E-state index contributed by atoms with van der Waals surface area (Å²) in [5.41, 5.74) is 1.97. The Labute approximate surface area is 149 Å². The highest BCUT2D eigenvalue weighted by Gasteiger charge is 2.63. The summed E-state index contributed by atoms with van der Waals surface area (Å²) in [6.07, 6.45) is 9.93. The van der Waals surface area contributed by atoms with E-state index in [-0.39, 0.29) is 18.1 Å². The molecule has 0 spiro atoms. The maximum Gasteiger partial charge on any atom is 0.166 e. The van der Waals surface area contributed by atoms with Gasteiger partial charge in [0.15, 0.2) is 11.6 Å². The third-order valence-electron chi connectivity index (χ3n) is 6.52. The van der Waals surface area contributed by atoms with Crippen LogP contribution in [0.2, 0.25) is 0 Å². The van der Waals surface area contributed by atoms with Crippen molar-refractivity contribution in [1.29, 1.82) is 0 Å². The Hall–Kier alpha value is -1.22. The van der Waals surface area contributed by atoms with Crippen LogP contribution in [0.25, 0.3) is 5.57 Å². The summed E-state index contributed by atoms with van der Waals surface area (Å²) in [6, 6.07) is 3.61. The van der Waals surface area contributed by atoms with E-state index in [9.17, 15) is 8.78 Å². The van der Waals surface area contributed by atoms with E-state index in [0.29, 0.717) is 23.0 Å². The summed E-state index contributed by atoms with van der Waals surface area (Å²) in [6.45, 7) is 4.36. The van der Waals surface area contributed by atoms with Crippen LogP contribution < -0.4 is 0 Å². The third kappa shape index (κ3) is 2.75. The first-order valence-corrected chi connectivity index (χ1v) is 9.98. The Kier molecular flexibility index (Phi) is 4.70. The lowest BCUT2D eigenvalue weighted by molar-refractivity contribution is -0.317. The van der Waals surface area contributed by atoms with E-state index in [2.05, 4.69) is 19.9 Å². The van der Waals surface area contributed by atoms with Gasteiger partial charge in [-0.15, -0.1) is 0 Å². The fraction of sp³-hybridized carbons (Fsp3) is 0.636. The van der Waals surface area contributed by atoms with Crippen LogP contribution in [0.5, 0.6) is 0 Å². The fourth-order valence-electron chi connectivity index (χ4n) is 5.02. The molecule has 1 aromatic carbocycles. The zero-order valence-electron chi connectivity index (χ0n) is 15.2. The van der Waals surface area contributed by atoms with Crippen LogP contribution in [0.15, 0.2) is 18.2 Å². The lowest BCUT2D eigenvalue weighted by Crippen LogP contribution is -2.69. The zero-order valence-corrected chi connectivity index (χ0v) is 15.2. The number of allylic oxidation sites excluding steroid dienone is 2. The molecule has 1 nitrogen and oxygen atoms in total. The molecule has 2 saturated heterocycles. The molecule has 25 heavy (non-hydrogen) atoms. The first-order chi connectivity index (χ1) is 12.2. The van der Waals surface area contributed by atoms with Crippen molar-refractivity contribution in [2.75, 3.05) is 0 Å². The van der Waals surface area contributed by atoms with Crippen molar-refractivity contribution in [2.24, 2.45) is 11.8 Å². The molecule has 1 aromatic rings. The largest absolute Gasteiger partial charge is 0.373 e. The van der Waals surface area contributed by atoms with E-state index in [1.807, 2.05) is 6.07 Å². The molecule has 4 aliphatic rings. The molecule has 2 aliphatic heterocycles. The van der Waals surface area contributed by atoms with Gasteiger partial charge in [-0.1, -0.05) is 51.3 Å². The molecule has 3 atom stereocenters. The topological polar surface area (TPSA) is 9.23 Å². The maximum absolute atomic E-state index is 14.7. The first kappa shape index (κ1) is 17.2. The van der Waals surface area contributed by atoms with Crippen LogP contribution in [0, 0.1) is 23.5 Å². The minimum Gasteiger partial charge on any atom is -0.373 e. The van der Waals surface area contributed by atoms with Crippen LogP contribution >= 0.6 is 0 Å². The van der Waals surface area contributed by atoms with Crippen molar-refractivity contribution in [1.82, 2.24) is 0 Å². The van der Waals surface area contributed by atoms with Gasteiger partial charge in [0.25, 0.3) is 0 Å². The molecule has 2 heterocycles. The highest BCUT2D eigenvalue weighted by atomic mass is 19.2. The van der Waals surface area contributed by atoms with Crippen LogP contribution in [-0.2, 0) is 4.74 Å². The molecular weight excluding hydrogens is 318 g/mol. The van der Waals surface area contributed by atoms with Gasteiger partial charge in [-0.05, 0) is 42.7 Å². The summed E-state index contributed by atoms with van der Waals surface area (Å²) in [4.78, 5) is 0. The number of ether oxygens (including phenoxy) is 1. The Morgan fingerprint density at radius 3 is 2.40 bits per heavy atom. The SMILES string of the molecule is CCCC1CC=C(c2ccc(C3C4OC3C4CCC)c(F)c2F)CC1. The molecule has 3 fully saturated rings. The second-order valence-corrected chi connectivity index (χ2v) is 8.03. The Morgan fingerprint density at radius 1 is 1.04 bits per heavy atom. The average Bonchev–Trinajstić information content (AvgIpc) is 2.57. The summed E-state index contributed by atoms with van der Waals surface area (Å²) in [5.74, 6) is 0.0158. The van der Waals surface area contributed by atoms with E-state index >= 15 is 0 Å². The van der Waals surface area contributed by atoms with Crippen molar-refractivity contribution in [3.05, 3.63) is 41.0 Å². The van der Waals surface area contributed by atoms with Crippen LogP contribution in [-0.4, -0.2) is 12.2 Å². The zero-order chi connectivity index (χ0) is 17.6. The van der Waals surface area contributed by atoms with E-state index in [1.165, 1.54) is 12.8 Å². The van der Waals surface area contributed by atoms with E-state index in [4.69, 9.17) is 4.74 Å². The molecule has 0 amide bonds. The second-order valence-electron chi connectivity index (χ2n) is 8.03. The Balaban J connectivity index is 1.51. The van der Waals surface area contributed by atoms with Gasteiger partial charge >= 0.3 is 0 Å². The summed E-state index contributed by atoms with van der Waals surface area (Å²) >= 11 is 0. The number of hydrogen-bond donors (Lipinski definition) is 0. The van der Waals surface area contributed by atoms with Crippen molar-refractivity contribution in [3.63, 3.8) is 0 Å². The van der Waals surface area contributed by atoms with Crippen molar-refractivity contribution in [3.8, 4) is 0 Å². The molecule has 136 valence electrons. The molecule has 0 radical (unpaired) electrons. The summed E-state index contributed by atoms with van der Waals surface area (Å²) < 4.78 is 35.1. The Morgan fingerprint density at radius 2 is 1.80 bits per heavy atom. The summed E-state index contributed by atoms with van der Waals surface area (Å²) in [5, 5.41) is 0. The molecule has 3 heteroatoms. The van der Waals surface area contributed by atoms with Gasteiger partial charge in [0.2, 0.25) is 0 Å². The quantitative estimate of drug-likeness (QED) is 0.593. The second kappa shape index (κ2) is 6.83. The molecule has 0 N–H and O–H groups in total. The Bertz CT molecular complexity index is 671. The molecule has 5 rings (SSSR count). The number of benzene rings is 1. The van der Waals surface area contributed by atoms with Crippen LogP contribution in [0.4, 0.5) is 8.78 Å². The highest BCUT2D eigenvalue weighted by molar-refractivity contribution is 5.67. The summed E-state index contributed by atoms with van der Waals surface area (Å²) in [7, 11) is 0. The minimum atomic E-state index is -0.656. The molecule has 1 saturated carbocycles. The smallest absolute Gasteiger partial charge is 0.166 e. The van der Waals surface area contributed by atoms with Gasteiger partial charge in [0.1, 0.15) is 0 Å². The monoisotopic (exact) mass is 346 g/mol. The van der Waals surface area contributed by atoms with E-state index in [1.54, 1.807) is 6.07 Å².